The molecular formula is C24H21ClN2O8S. The minimum Gasteiger partial charge on any atom is -0.493 e. The Hall–Kier alpha value is -3.70. The molecule has 188 valence electrons. The Morgan fingerprint density at radius 2 is 1.92 bits per heavy atom. The summed E-state index contributed by atoms with van der Waals surface area (Å²) in [5.41, 5.74) is 1.06. The number of carbonyl (C=O) groups is 2. The normalized spacial score (nSPS) is 16.1. The number of halogens is 1. The van der Waals surface area contributed by atoms with Crippen molar-refractivity contribution in [2.75, 3.05) is 33.0 Å². The van der Waals surface area contributed by atoms with Crippen molar-refractivity contribution in [2.24, 2.45) is 0 Å². The van der Waals surface area contributed by atoms with E-state index < -0.39 is 16.8 Å². The second-order valence-corrected chi connectivity index (χ2v) is 9.38. The summed E-state index contributed by atoms with van der Waals surface area (Å²) in [5.74, 6) is 0.312. The molecule has 5 rings (SSSR count). The SMILES string of the molecule is COC(=O)Cn1c2c(sc1=O)[C@@H](c1cc(OC)c3c(c1OC)OCO3)CC(=O)N2c1cccc(Cl)c1. The number of anilines is 2. The Morgan fingerprint density at radius 3 is 2.61 bits per heavy atom. The number of benzene rings is 2. The second kappa shape index (κ2) is 9.40. The smallest absolute Gasteiger partial charge is 0.325 e. The highest BCUT2D eigenvalue weighted by Gasteiger charge is 2.41. The summed E-state index contributed by atoms with van der Waals surface area (Å²) in [4.78, 5) is 40.6. The van der Waals surface area contributed by atoms with E-state index in [2.05, 4.69) is 0 Å². The van der Waals surface area contributed by atoms with Crippen LogP contribution < -0.4 is 28.7 Å². The number of ether oxygens (including phenoxy) is 5. The monoisotopic (exact) mass is 532 g/mol. The van der Waals surface area contributed by atoms with Crippen LogP contribution >= 0.6 is 22.9 Å². The zero-order valence-electron chi connectivity index (χ0n) is 19.5. The maximum absolute atomic E-state index is 13.7. The van der Waals surface area contributed by atoms with Gasteiger partial charge in [-0.1, -0.05) is 29.0 Å². The van der Waals surface area contributed by atoms with Crippen molar-refractivity contribution in [3.05, 3.63) is 55.5 Å². The number of rotatable bonds is 6. The van der Waals surface area contributed by atoms with Crippen LogP contribution in [0.4, 0.5) is 11.5 Å². The molecule has 12 heteroatoms. The lowest BCUT2D eigenvalue weighted by molar-refractivity contribution is -0.141. The van der Waals surface area contributed by atoms with Crippen LogP contribution in [0.5, 0.6) is 23.0 Å². The molecule has 0 saturated carbocycles. The molecule has 0 N–H and O–H groups in total. The fourth-order valence-corrected chi connectivity index (χ4v) is 5.75. The fraction of sp³-hybridized carbons (Fsp3) is 0.292. The minimum absolute atomic E-state index is 0.00820. The molecule has 10 nitrogen and oxygen atoms in total. The third-order valence-electron chi connectivity index (χ3n) is 6.02. The summed E-state index contributed by atoms with van der Waals surface area (Å²) < 4.78 is 28.4. The number of esters is 1. The van der Waals surface area contributed by atoms with Gasteiger partial charge in [-0.2, -0.15) is 0 Å². The predicted octanol–water partition coefficient (Wildman–Crippen LogP) is 3.68. The number of hydrogen-bond donors (Lipinski definition) is 0. The molecule has 2 aliphatic heterocycles. The molecule has 36 heavy (non-hydrogen) atoms. The molecule has 0 unspecified atom stereocenters. The number of thiazole rings is 1. The van der Waals surface area contributed by atoms with Crippen molar-refractivity contribution in [2.45, 2.75) is 18.9 Å². The number of aromatic nitrogens is 1. The largest absolute Gasteiger partial charge is 0.493 e. The Bertz CT molecular complexity index is 1430. The highest BCUT2D eigenvalue weighted by molar-refractivity contribution is 7.10. The molecule has 2 aromatic carbocycles. The summed E-state index contributed by atoms with van der Waals surface area (Å²) >= 11 is 7.16. The van der Waals surface area contributed by atoms with E-state index in [4.69, 9.17) is 35.3 Å². The first-order chi connectivity index (χ1) is 17.4. The van der Waals surface area contributed by atoms with Crippen molar-refractivity contribution >= 4 is 46.3 Å². The molecule has 3 heterocycles. The van der Waals surface area contributed by atoms with Crippen molar-refractivity contribution in [3.8, 4) is 23.0 Å². The molecule has 0 saturated heterocycles. The van der Waals surface area contributed by atoms with E-state index in [1.54, 1.807) is 30.3 Å². The molecule has 1 atom stereocenters. The van der Waals surface area contributed by atoms with E-state index in [0.717, 1.165) is 11.3 Å². The van der Waals surface area contributed by atoms with Gasteiger partial charge in [0.2, 0.25) is 24.2 Å². The van der Waals surface area contributed by atoms with Gasteiger partial charge in [0.1, 0.15) is 12.4 Å². The van der Waals surface area contributed by atoms with Crippen LogP contribution in [-0.2, 0) is 20.9 Å². The van der Waals surface area contributed by atoms with E-state index in [9.17, 15) is 14.4 Å². The number of nitrogens with zero attached hydrogens (tertiary/aromatic N) is 2. The topological polar surface area (TPSA) is 106 Å². The standard InChI is InChI=1S/C24H21ClN2O8S/c1-31-16-8-14(19(33-3)21-20(16)34-11-35-21)15-9-17(28)27(13-6-4-5-12(25)7-13)23-22(15)36-24(30)26(23)10-18(29)32-2/h4-8,15H,9-11H2,1-3H3/t15-/m1/s1. The summed E-state index contributed by atoms with van der Waals surface area (Å²) in [6.07, 6.45) is 0.0108. The number of hydrogen-bond acceptors (Lipinski definition) is 9. The quantitative estimate of drug-likeness (QED) is 0.443. The van der Waals surface area contributed by atoms with Crippen molar-refractivity contribution in [1.29, 1.82) is 0 Å². The van der Waals surface area contributed by atoms with Gasteiger partial charge in [-0.25, -0.2) is 0 Å². The minimum atomic E-state index is -0.624. The first kappa shape index (κ1) is 24.0. The van der Waals surface area contributed by atoms with Crippen LogP contribution in [0, 0.1) is 0 Å². The molecule has 0 spiro atoms. The number of carbonyl (C=O) groups excluding carboxylic acids is 2. The Morgan fingerprint density at radius 1 is 1.14 bits per heavy atom. The van der Waals surface area contributed by atoms with Crippen LogP contribution in [0.2, 0.25) is 5.02 Å². The molecule has 0 radical (unpaired) electrons. The maximum Gasteiger partial charge on any atom is 0.325 e. The van der Waals surface area contributed by atoms with Gasteiger partial charge >= 0.3 is 10.8 Å². The number of amides is 1. The number of fused-ring (bicyclic) bond motifs is 2. The van der Waals surface area contributed by atoms with Gasteiger partial charge < -0.3 is 23.7 Å². The molecule has 1 amide bonds. The predicted molar refractivity (Wildman–Crippen MR) is 131 cm³/mol. The van der Waals surface area contributed by atoms with Gasteiger partial charge in [0, 0.05) is 22.9 Å². The molecule has 3 aromatic rings. The molecule has 0 bridgehead atoms. The van der Waals surface area contributed by atoms with E-state index in [-0.39, 0.29) is 31.5 Å². The summed E-state index contributed by atoms with van der Waals surface area (Å²) in [7, 11) is 4.22. The molecule has 1 aromatic heterocycles. The number of methoxy groups -OCH3 is 3. The van der Waals surface area contributed by atoms with Gasteiger partial charge in [-0.15, -0.1) is 0 Å². The summed E-state index contributed by atoms with van der Waals surface area (Å²) in [5, 5.41) is 0.420. The van der Waals surface area contributed by atoms with Crippen LogP contribution in [0.25, 0.3) is 0 Å². The van der Waals surface area contributed by atoms with Crippen molar-refractivity contribution in [1.82, 2.24) is 4.57 Å². The Labute approximate surface area is 214 Å². The van der Waals surface area contributed by atoms with Gasteiger partial charge in [0.15, 0.2) is 11.5 Å². The summed E-state index contributed by atoms with van der Waals surface area (Å²) in [6.45, 7) is -0.369. The van der Waals surface area contributed by atoms with E-state index in [1.807, 2.05) is 0 Å². The van der Waals surface area contributed by atoms with Gasteiger partial charge in [-0.05, 0) is 24.3 Å². The lowest BCUT2D eigenvalue weighted by Gasteiger charge is -2.33. The lowest BCUT2D eigenvalue weighted by Crippen LogP contribution is -2.36. The van der Waals surface area contributed by atoms with Crippen molar-refractivity contribution in [3.63, 3.8) is 0 Å². The van der Waals surface area contributed by atoms with Crippen LogP contribution in [-0.4, -0.2) is 44.6 Å². The fourth-order valence-electron chi connectivity index (χ4n) is 4.47. The first-order valence-electron chi connectivity index (χ1n) is 10.8. The zero-order chi connectivity index (χ0) is 25.6. The van der Waals surface area contributed by atoms with Crippen molar-refractivity contribution < 1.29 is 33.3 Å². The van der Waals surface area contributed by atoms with Gasteiger partial charge in [0.05, 0.1) is 31.9 Å². The van der Waals surface area contributed by atoms with E-state index in [1.165, 1.54) is 30.8 Å². The zero-order valence-corrected chi connectivity index (χ0v) is 21.1. The molecule has 0 aliphatic carbocycles. The molecular weight excluding hydrogens is 512 g/mol. The second-order valence-electron chi connectivity index (χ2n) is 7.95. The average Bonchev–Trinajstić information content (AvgIpc) is 3.48. The van der Waals surface area contributed by atoms with Crippen LogP contribution in [0.3, 0.4) is 0 Å². The van der Waals surface area contributed by atoms with Crippen LogP contribution in [0.15, 0.2) is 35.1 Å². The highest BCUT2D eigenvalue weighted by Crippen LogP contribution is 2.55. The average molecular weight is 533 g/mol. The molecule has 2 aliphatic rings. The van der Waals surface area contributed by atoms with E-state index >= 15 is 0 Å². The summed E-state index contributed by atoms with van der Waals surface area (Å²) in [6, 6.07) is 8.44. The van der Waals surface area contributed by atoms with Crippen LogP contribution in [0.1, 0.15) is 22.8 Å². The maximum atomic E-state index is 13.7. The van der Waals surface area contributed by atoms with Gasteiger partial charge in [-0.3, -0.25) is 23.9 Å². The Balaban J connectivity index is 1.75. The first-order valence-corrected chi connectivity index (χ1v) is 12.0. The van der Waals surface area contributed by atoms with Gasteiger partial charge in [0.25, 0.3) is 0 Å². The third kappa shape index (κ3) is 3.84. The third-order valence-corrected chi connectivity index (χ3v) is 7.34. The lowest BCUT2D eigenvalue weighted by atomic mass is 9.89. The van der Waals surface area contributed by atoms with E-state index in [0.29, 0.717) is 44.1 Å². The molecule has 0 fully saturated rings. The Kier molecular flexibility index (Phi) is 6.27. The highest BCUT2D eigenvalue weighted by atomic mass is 35.5.